The smallest absolute Gasteiger partial charge is 0.163 e. The second-order valence-corrected chi connectivity index (χ2v) is 2.99. The topological polar surface area (TPSA) is 38.0 Å². The fraction of sp³-hybridized carbons (Fsp3) is 0.333. The Morgan fingerprint density at radius 1 is 1.31 bits per heavy atom. The highest BCUT2D eigenvalue weighted by Gasteiger charge is 2.14. The lowest BCUT2D eigenvalue weighted by atomic mass is 10.1. The second-order valence-electron chi connectivity index (χ2n) is 2.99. The van der Waals surface area contributed by atoms with Crippen molar-refractivity contribution in [1.29, 1.82) is 0 Å². The first kappa shape index (κ1) is 10.1. The summed E-state index contributed by atoms with van der Waals surface area (Å²) in [5.41, 5.74) is 2.90. The highest BCUT2D eigenvalue weighted by atomic mass is 19.2. The van der Waals surface area contributed by atoms with E-state index >= 15 is 0 Å². The van der Waals surface area contributed by atoms with Gasteiger partial charge < -0.3 is 0 Å². The summed E-state index contributed by atoms with van der Waals surface area (Å²) in [5, 5.41) is 0. The quantitative estimate of drug-likeness (QED) is 0.546. The molecule has 3 N–H and O–H groups in total. The molecule has 0 radical (unpaired) electrons. The number of hydrogen-bond donors (Lipinski definition) is 2. The Morgan fingerprint density at radius 2 is 1.92 bits per heavy atom. The third-order valence-corrected chi connectivity index (χ3v) is 2.02. The second kappa shape index (κ2) is 3.81. The van der Waals surface area contributed by atoms with E-state index in [2.05, 4.69) is 5.43 Å². The van der Waals surface area contributed by atoms with Gasteiger partial charge in [-0.05, 0) is 19.4 Å². The number of nitrogens with one attached hydrogen (secondary N) is 1. The van der Waals surface area contributed by atoms with Crippen molar-refractivity contribution in [2.75, 3.05) is 0 Å². The summed E-state index contributed by atoms with van der Waals surface area (Å²) in [7, 11) is 0. The molecule has 0 bridgehead atoms. The van der Waals surface area contributed by atoms with Crippen LogP contribution < -0.4 is 11.3 Å². The van der Waals surface area contributed by atoms with Crippen LogP contribution in [0.3, 0.4) is 0 Å². The van der Waals surface area contributed by atoms with Crippen LogP contribution in [0.25, 0.3) is 0 Å². The van der Waals surface area contributed by atoms with E-state index < -0.39 is 17.7 Å². The number of rotatable bonds is 2. The normalized spacial score (nSPS) is 13.0. The average Bonchev–Trinajstić information content (AvgIpc) is 2.13. The Kier molecular flexibility index (Phi) is 2.95. The lowest BCUT2D eigenvalue weighted by Gasteiger charge is -2.12. The zero-order chi connectivity index (χ0) is 10.0. The summed E-state index contributed by atoms with van der Waals surface area (Å²) >= 11 is 0. The van der Waals surface area contributed by atoms with Gasteiger partial charge in [0.05, 0.1) is 0 Å². The van der Waals surface area contributed by atoms with Crippen molar-refractivity contribution in [3.8, 4) is 0 Å². The zero-order valence-corrected chi connectivity index (χ0v) is 7.57. The maximum Gasteiger partial charge on any atom is 0.163 e. The van der Waals surface area contributed by atoms with E-state index in [9.17, 15) is 8.78 Å². The molecule has 1 aromatic carbocycles. The zero-order valence-electron chi connectivity index (χ0n) is 7.57. The molecule has 0 aliphatic rings. The van der Waals surface area contributed by atoms with Crippen molar-refractivity contribution < 1.29 is 8.78 Å². The van der Waals surface area contributed by atoms with E-state index in [1.165, 1.54) is 19.1 Å². The molecular weight excluding hydrogens is 174 g/mol. The van der Waals surface area contributed by atoms with Crippen LogP contribution in [-0.4, -0.2) is 0 Å². The van der Waals surface area contributed by atoms with Gasteiger partial charge in [0.1, 0.15) is 0 Å². The van der Waals surface area contributed by atoms with Crippen LogP contribution in [0.1, 0.15) is 24.1 Å². The van der Waals surface area contributed by atoms with Gasteiger partial charge in [0.25, 0.3) is 0 Å². The van der Waals surface area contributed by atoms with Crippen LogP contribution in [0.2, 0.25) is 0 Å². The molecule has 0 saturated carbocycles. The molecule has 13 heavy (non-hydrogen) atoms. The Morgan fingerprint density at radius 3 is 2.46 bits per heavy atom. The van der Waals surface area contributed by atoms with Crippen molar-refractivity contribution in [2.24, 2.45) is 5.84 Å². The fourth-order valence-corrected chi connectivity index (χ4v) is 1.09. The maximum atomic E-state index is 13.2. The lowest BCUT2D eigenvalue weighted by molar-refractivity contribution is 0.472. The van der Waals surface area contributed by atoms with Gasteiger partial charge in [-0.3, -0.25) is 11.3 Å². The standard InChI is InChI=1S/C9H12F2N2/c1-5-3-4-7(6(2)13-12)9(11)8(5)10/h3-4,6,13H,12H2,1-2H3/t6-/m0/s1. The van der Waals surface area contributed by atoms with Crippen molar-refractivity contribution >= 4 is 0 Å². The molecule has 2 nitrogen and oxygen atoms in total. The van der Waals surface area contributed by atoms with Crippen LogP contribution in [0.4, 0.5) is 8.78 Å². The summed E-state index contributed by atoms with van der Waals surface area (Å²) in [4.78, 5) is 0. The molecule has 0 heterocycles. The van der Waals surface area contributed by atoms with Crippen LogP contribution in [-0.2, 0) is 0 Å². The molecule has 0 aliphatic carbocycles. The van der Waals surface area contributed by atoms with Crippen molar-refractivity contribution in [3.05, 3.63) is 34.9 Å². The number of hydrazine groups is 1. The van der Waals surface area contributed by atoms with E-state index in [0.717, 1.165) is 0 Å². The van der Waals surface area contributed by atoms with Gasteiger partial charge in [0.2, 0.25) is 0 Å². The average molecular weight is 186 g/mol. The third-order valence-electron chi connectivity index (χ3n) is 2.02. The van der Waals surface area contributed by atoms with E-state index in [4.69, 9.17) is 5.84 Å². The number of halogens is 2. The Balaban J connectivity index is 3.18. The summed E-state index contributed by atoms with van der Waals surface area (Å²) < 4.78 is 26.3. The molecular formula is C9H12F2N2. The molecule has 1 aromatic rings. The summed E-state index contributed by atoms with van der Waals surface area (Å²) in [6, 6.07) is 2.66. The van der Waals surface area contributed by atoms with Gasteiger partial charge in [0.15, 0.2) is 11.6 Å². The number of benzene rings is 1. The van der Waals surface area contributed by atoms with Crippen LogP contribution in [0.15, 0.2) is 12.1 Å². The Labute approximate surface area is 75.7 Å². The monoisotopic (exact) mass is 186 g/mol. The van der Waals surface area contributed by atoms with Crippen molar-refractivity contribution in [3.63, 3.8) is 0 Å². The van der Waals surface area contributed by atoms with Crippen LogP contribution in [0.5, 0.6) is 0 Å². The van der Waals surface area contributed by atoms with Gasteiger partial charge in [0, 0.05) is 11.6 Å². The molecule has 0 fully saturated rings. The molecule has 4 heteroatoms. The summed E-state index contributed by atoms with van der Waals surface area (Å²) in [6.07, 6.45) is 0. The Hall–Kier alpha value is -1.00. The lowest BCUT2D eigenvalue weighted by Crippen LogP contribution is -2.26. The number of aryl methyl sites for hydroxylation is 1. The van der Waals surface area contributed by atoms with Gasteiger partial charge in [-0.2, -0.15) is 0 Å². The summed E-state index contributed by atoms with van der Waals surface area (Å²) in [6.45, 7) is 3.18. The van der Waals surface area contributed by atoms with Gasteiger partial charge in [-0.1, -0.05) is 12.1 Å². The first-order valence-electron chi connectivity index (χ1n) is 3.98. The first-order valence-corrected chi connectivity index (χ1v) is 3.98. The number of nitrogens with two attached hydrogens (primary N) is 1. The van der Waals surface area contributed by atoms with Gasteiger partial charge >= 0.3 is 0 Å². The predicted molar refractivity (Wildman–Crippen MR) is 46.8 cm³/mol. The van der Waals surface area contributed by atoms with Gasteiger partial charge in [-0.25, -0.2) is 8.78 Å². The predicted octanol–water partition coefficient (Wildman–Crippen LogP) is 1.80. The first-order chi connectivity index (χ1) is 6.07. The van der Waals surface area contributed by atoms with Gasteiger partial charge in [-0.15, -0.1) is 0 Å². The minimum atomic E-state index is -0.828. The molecule has 72 valence electrons. The van der Waals surface area contributed by atoms with E-state index in [1.807, 2.05) is 0 Å². The van der Waals surface area contributed by atoms with E-state index in [-0.39, 0.29) is 5.56 Å². The van der Waals surface area contributed by atoms with Crippen LogP contribution >= 0.6 is 0 Å². The minimum Gasteiger partial charge on any atom is -0.271 e. The minimum absolute atomic E-state index is 0.241. The van der Waals surface area contributed by atoms with Crippen LogP contribution in [0, 0.1) is 18.6 Å². The molecule has 0 aliphatic heterocycles. The SMILES string of the molecule is Cc1ccc([C@H](C)NN)c(F)c1F. The Bertz CT molecular complexity index is 313. The molecule has 1 atom stereocenters. The highest BCUT2D eigenvalue weighted by molar-refractivity contribution is 5.27. The van der Waals surface area contributed by atoms with E-state index in [1.54, 1.807) is 6.92 Å². The molecule has 0 aromatic heterocycles. The molecule has 0 amide bonds. The molecule has 1 rings (SSSR count). The fourth-order valence-electron chi connectivity index (χ4n) is 1.09. The van der Waals surface area contributed by atoms with Crippen molar-refractivity contribution in [2.45, 2.75) is 19.9 Å². The highest BCUT2D eigenvalue weighted by Crippen LogP contribution is 2.20. The number of hydrogen-bond acceptors (Lipinski definition) is 2. The molecule has 0 spiro atoms. The molecule has 0 saturated heterocycles. The third kappa shape index (κ3) is 1.84. The molecule has 0 unspecified atom stereocenters. The summed E-state index contributed by atoms with van der Waals surface area (Å²) in [5.74, 6) is 3.49. The van der Waals surface area contributed by atoms with Crippen molar-refractivity contribution in [1.82, 2.24) is 5.43 Å². The largest absolute Gasteiger partial charge is 0.271 e. The maximum absolute atomic E-state index is 13.2. The van der Waals surface area contributed by atoms with E-state index in [0.29, 0.717) is 5.56 Å².